The van der Waals surface area contributed by atoms with Crippen LogP contribution in [0.15, 0.2) is 42.6 Å². The summed E-state index contributed by atoms with van der Waals surface area (Å²) in [6.07, 6.45) is 2.41. The fourth-order valence-corrected chi connectivity index (χ4v) is 5.26. The van der Waals surface area contributed by atoms with Gasteiger partial charge in [0, 0.05) is 31.4 Å². The van der Waals surface area contributed by atoms with E-state index in [1.807, 2.05) is 36.1 Å². The molecular formula is C20H28N4O2S. The molecule has 0 aliphatic carbocycles. The van der Waals surface area contributed by atoms with Crippen LogP contribution in [0.5, 0.6) is 0 Å². The Bertz CT molecular complexity index is 855. The Kier molecular flexibility index (Phi) is 5.99. The van der Waals surface area contributed by atoms with Gasteiger partial charge in [0.2, 0.25) is 5.95 Å². The lowest BCUT2D eigenvalue weighted by atomic mass is 10.2. The predicted octanol–water partition coefficient (Wildman–Crippen LogP) is 2.91. The minimum Gasteiger partial charge on any atom is -0.350 e. The monoisotopic (exact) mass is 388 g/mol. The summed E-state index contributed by atoms with van der Waals surface area (Å²) in [4.78, 5) is 13.5. The van der Waals surface area contributed by atoms with Crippen LogP contribution in [0.4, 0.5) is 11.8 Å². The topological polar surface area (TPSA) is 66.4 Å². The molecule has 0 bridgehead atoms. The van der Waals surface area contributed by atoms with Crippen molar-refractivity contribution in [2.45, 2.75) is 45.8 Å². The molecule has 1 aromatic heterocycles. The van der Waals surface area contributed by atoms with Crippen LogP contribution in [0.3, 0.4) is 0 Å². The van der Waals surface area contributed by atoms with Crippen molar-refractivity contribution in [3.05, 3.63) is 48.2 Å². The first kappa shape index (κ1) is 19.6. The molecule has 27 heavy (non-hydrogen) atoms. The summed E-state index contributed by atoms with van der Waals surface area (Å²) in [6.45, 7) is 7.76. The number of hydrogen-bond acceptors (Lipinski definition) is 6. The maximum atomic E-state index is 11.9. The molecule has 2 aromatic rings. The zero-order chi connectivity index (χ0) is 19.4. The van der Waals surface area contributed by atoms with Crippen LogP contribution >= 0.6 is 0 Å². The van der Waals surface area contributed by atoms with Crippen LogP contribution in [0.1, 0.15) is 32.8 Å². The molecule has 1 atom stereocenters. The lowest BCUT2D eigenvalue weighted by Gasteiger charge is -2.31. The van der Waals surface area contributed by atoms with Crippen molar-refractivity contribution < 1.29 is 8.42 Å². The predicted molar refractivity (Wildman–Crippen MR) is 110 cm³/mol. The van der Waals surface area contributed by atoms with Crippen molar-refractivity contribution in [1.82, 2.24) is 9.97 Å². The fourth-order valence-electron chi connectivity index (χ4n) is 3.53. The molecule has 1 fully saturated rings. The van der Waals surface area contributed by atoms with Gasteiger partial charge in [-0.15, -0.1) is 0 Å². The van der Waals surface area contributed by atoms with Gasteiger partial charge in [0.15, 0.2) is 9.84 Å². The first-order valence-corrected chi connectivity index (χ1v) is 11.3. The third kappa shape index (κ3) is 4.77. The number of nitrogens with zero attached hydrogens (tertiary/aromatic N) is 4. The average Bonchev–Trinajstić information content (AvgIpc) is 3.01. The molecule has 0 amide bonds. The van der Waals surface area contributed by atoms with Gasteiger partial charge in [0.05, 0.1) is 11.5 Å². The Hall–Kier alpha value is -2.15. The summed E-state index contributed by atoms with van der Waals surface area (Å²) in [5.74, 6) is 1.90. The van der Waals surface area contributed by atoms with Gasteiger partial charge in [-0.2, -0.15) is 4.98 Å². The summed E-state index contributed by atoms with van der Waals surface area (Å²) < 4.78 is 23.8. The number of rotatable bonds is 7. The van der Waals surface area contributed by atoms with Crippen LogP contribution in [0, 0.1) is 0 Å². The van der Waals surface area contributed by atoms with E-state index in [9.17, 15) is 8.42 Å². The maximum absolute atomic E-state index is 11.9. The summed E-state index contributed by atoms with van der Waals surface area (Å²) in [5, 5.41) is 0. The molecule has 2 heterocycles. The van der Waals surface area contributed by atoms with Gasteiger partial charge >= 0.3 is 0 Å². The van der Waals surface area contributed by atoms with E-state index in [-0.39, 0.29) is 23.6 Å². The van der Waals surface area contributed by atoms with Gasteiger partial charge in [-0.25, -0.2) is 13.4 Å². The quantitative estimate of drug-likeness (QED) is 0.727. The fraction of sp³-hybridized carbons (Fsp3) is 0.500. The van der Waals surface area contributed by atoms with Crippen molar-refractivity contribution in [3.8, 4) is 0 Å². The highest BCUT2D eigenvalue weighted by Gasteiger charge is 2.33. The minimum atomic E-state index is -2.95. The third-order valence-corrected chi connectivity index (χ3v) is 6.74. The molecule has 7 heteroatoms. The second-order valence-electron chi connectivity index (χ2n) is 7.26. The summed E-state index contributed by atoms with van der Waals surface area (Å²) in [5.41, 5.74) is 1.22. The molecule has 1 aliphatic heterocycles. The lowest BCUT2D eigenvalue weighted by molar-refractivity contribution is 0.598. The molecule has 1 aromatic carbocycles. The molecular weight excluding hydrogens is 360 g/mol. The normalized spacial score (nSPS) is 18.6. The van der Waals surface area contributed by atoms with Crippen molar-refractivity contribution in [3.63, 3.8) is 0 Å². The van der Waals surface area contributed by atoms with Gasteiger partial charge in [-0.1, -0.05) is 30.3 Å². The van der Waals surface area contributed by atoms with Crippen molar-refractivity contribution in [2.24, 2.45) is 0 Å². The smallest absolute Gasteiger partial charge is 0.227 e. The average molecular weight is 389 g/mol. The Morgan fingerprint density at radius 3 is 2.52 bits per heavy atom. The molecule has 0 spiro atoms. The number of sulfone groups is 1. The number of benzene rings is 1. The number of anilines is 2. The first-order valence-electron chi connectivity index (χ1n) is 9.50. The van der Waals surface area contributed by atoms with Crippen LogP contribution < -0.4 is 9.80 Å². The van der Waals surface area contributed by atoms with Gasteiger partial charge in [0.1, 0.15) is 5.82 Å². The highest BCUT2D eigenvalue weighted by atomic mass is 32.2. The molecule has 6 nitrogen and oxygen atoms in total. The molecule has 1 saturated heterocycles. The van der Waals surface area contributed by atoms with Crippen LogP contribution in [-0.2, 0) is 16.4 Å². The van der Waals surface area contributed by atoms with E-state index >= 15 is 0 Å². The third-order valence-electron chi connectivity index (χ3n) is 4.99. The van der Waals surface area contributed by atoms with Gasteiger partial charge in [-0.3, -0.25) is 0 Å². The summed E-state index contributed by atoms with van der Waals surface area (Å²) in [6, 6.07) is 12.5. The largest absolute Gasteiger partial charge is 0.350 e. The van der Waals surface area contributed by atoms with Crippen LogP contribution in [-0.4, -0.2) is 48.5 Å². The minimum absolute atomic E-state index is 0.0446. The van der Waals surface area contributed by atoms with E-state index < -0.39 is 9.84 Å². The number of aromatic nitrogens is 2. The van der Waals surface area contributed by atoms with E-state index in [0.717, 1.165) is 12.4 Å². The second-order valence-corrected chi connectivity index (χ2v) is 9.49. The van der Waals surface area contributed by atoms with E-state index in [2.05, 4.69) is 35.9 Å². The van der Waals surface area contributed by atoms with Crippen molar-refractivity contribution in [2.75, 3.05) is 27.9 Å². The molecule has 1 unspecified atom stereocenters. The Morgan fingerprint density at radius 1 is 1.19 bits per heavy atom. The molecule has 3 rings (SSSR count). The highest BCUT2D eigenvalue weighted by molar-refractivity contribution is 7.91. The SMILES string of the molecule is CCN(c1nccc(N(Cc2ccccc2)C(C)C)n1)C1CCS(=O)(=O)C1. The van der Waals surface area contributed by atoms with Gasteiger partial charge in [-0.05, 0) is 38.8 Å². The zero-order valence-electron chi connectivity index (χ0n) is 16.2. The standard InChI is InChI=1S/C20H28N4O2S/c1-4-23(18-11-13-27(25,26)15-18)20-21-12-10-19(22-20)24(16(2)3)14-17-8-6-5-7-9-17/h5-10,12,16,18H,4,11,13-15H2,1-3H3. The molecule has 146 valence electrons. The van der Waals surface area contributed by atoms with E-state index in [1.54, 1.807) is 6.20 Å². The maximum Gasteiger partial charge on any atom is 0.227 e. The van der Waals surface area contributed by atoms with Gasteiger partial charge < -0.3 is 9.80 Å². The van der Waals surface area contributed by atoms with E-state index in [1.165, 1.54) is 5.56 Å². The highest BCUT2D eigenvalue weighted by Crippen LogP contribution is 2.24. The Morgan fingerprint density at radius 2 is 1.93 bits per heavy atom. The van der Waals surface area contributed by atoms with Crippen LogP contribution in [0.2, 0.25) is 0 Å². The first-order chi connectivity index (χ1) is 12.9. The molecule has 0 radical (unpaired) electrons. The zero-order valence-corrected chi connectivity index (χ0v) is 17.1. The summed E-state index contributed by atoms with van der Waals surface area (Å²) >= 11 is 0. The lowest BCUT2D eigenvalue weighted by Crippen LogP contribution is -2.38. The molecule has 1 aliphatic rings. The Balaban J connectivity index is 1.86. The number of hydrogen-bond donors (Lipinski definition) is 0. The van der Waals surface area contributed by atoms with Gasteiger partial charge in [0.25, 0.3) is 0 Å². The van der Waals surface area contributed by atoms with Crippen molar-refractivity contribution >= 4 is 21.6 Å². The van der Waals surface area contributed by atoms with Crippen LogP contribution in [0.25, 0.3) is 0 Å². The molecule has 0 N–H and O–H groups in total. The van der Waals surface area contributed by atoms with Crippen molar-refractivity contribution in [1.29, 1.82) is 0 Å². The molecule has 0 saturated carbocycles. The van der Waals surface area contributed by atoms with E-state index in [4.69, 9.17) is 4.98 Å². The summed E-state index contributed by atoms with van der Waals surface area (Å²) in [7, 11) is -2.95. The second kappa shape index (κ2) is 8.25. The van der Waals surface area contributed by atoms with E-state index in [0.29, 0.717) is 18.9 Å². The Labute approximate surface area is 162 Å².